The van der Waals surface area contributed by atoms with Crippen molar-refractivity contribution < 1.29 is 14.3 Å². The lowest BCUT2D eigenvalue weighted by Gasteiger charge is -2.15. The molecule has 5 nitrogen and oxygen atoms in total. The fourth-order valence-electron chi connectivity index (χ4n) is 2.94. The zero-order valence-corrected chi connectivity index (χ0v) is 18.1. The second-order valence-electron chi connectivity index (χ2n) is 6.46. The van der Waals surface area contributed by atoms with Gasteiger partial charge in [0.25, 0.3) is 11.8 Å². The molecule has 0 unspecified atom stereocenters. The minimum absolute atomic E-state index is 0.0471. The summed E-state index contributed by atoms with van der Waals surface area (Å²) in [5, 5.41) is 2.82. The predicted molar refractivity (Wildman–Crippen MR) is 112 cm³/mol. The summed E-state index contributed by atoms with van der Waals surface area (Å²) in [4.78, 5) is 26.4. The number of hydrogen-bond donors (Lipinski definition) is 1. The Hall–Kier alpha value is -1.86. The fourth-order valence-corrected chi connectivity index (χ4v) is 4.55. The maximum atomic E-state index is 12.3. The first-order valence-electron chi connectivity index (χ1n) is 8.71. The summed E-state index contributed by atoms with van der Waals surface area (Å²) in [6, 6.07) is 10.8. The van der Waals surface area contributed by atoms with Crippen LogP contribution in [0.3, 0.4) is 0 Å². The average molecular weight is 496 g/mol. The summed E-state index contributed by atoms with van der Waals surface area (Å²) in [6.45, 7) is 3.50. The highest BCUT2D eigenvalue weighted by molar-refractivity contribution is 9.11. The number of amides is 2. The van der Waals surface area contributed by atoms with Crippen molar-refractivity contribution in [2.75, 3.05) is 25.0 Å². The van der Waals surface area contributed by atoms with Gasteiger partial charge in [0.2, 0.25) is 0 Å². The standard InChI is InChI=1S/C20H20Br2N2O3/c1-13-10-16(21)19(17(22)11-13)23-18(25)12-27-15-6-4-14(5-7-15)20(26)24-8-2-3-9-24/h4-7,10-11H,2-3,8-9,12H2,1H3,(H,23,25). The third-order valence-electron chi connectivity index (χ3n) is 4.32. The Balaban J connectivity index is 1.55. The van der Waals surface area contributed by atoms with Gasteiger partial charge in [0, 0.05) is 27.6 Å². The van der Waals surface area contributed by atoms with Crippen LogP contribution in [0.25, 0.3) is 0 Å². The Morgan fingerprint density at radius 1 is 1.07 bits per heavy atom. The first kappa shape index (κ1) is 19.9. The number of carbonyl (C=O) groups excluding carboxylic acids is 2. The Morgan fingerprint density at radius 2 is 1.67 bits per heavy atom. The highest BCUT2D eigenvalue weighted by Gasteiger charge is 2.19. The molecule has 2 aromatic carbocycles. The second-order valence-corrected chi connectivity index (χ2v) is 8.17. The van der Waals surface area contributed by atoms with Crippen LogP contribution in [0.4, 0.5) is 5.69 Å². The number of benzene rings is 2. The average Bonchev–Trinajstić information content (AvgIpc) is 3.17. The van der Waals surface area contributed by atoms with Crippen molar-refractivity contribution >= 4 is 49.4 Å². The quantitative estimate of drug-likeness (QED) is 0.649. The SMILES string of the molecule is Cc1cc(Br)c(NC(=O)COc2ccc(C(=O)N3CCCC3)cc2)c(Br)c1. The van der Waals surface area contributed by atoms with E-state index in [9.17, 15) is 9.59 Å². The van der Waals surface area contributed by atoms with Crippen LogP contribution in [0.15, 0.2) is 45.3 Å². The summed E-state index contributed by atoms with van der Waals surface area (Å²) in [7, 11) is 0. The molecule has 2 amide bonds. The van der Waals surface area contributed by atoms with Crippen molar-refractivity contribution in [2.24, 2.45) is 0 Å². The molecule has 0 bridgehead atoms. The van der Waals surface area contributed by atoms with Crippen LogP contribution >= 0.6 is 31.9 Å². The number of hydrogen-bond acceptors (Lipinski definition) is 3. The van der Waals surface area contributed by atoms with E-state index in [4.69, 9.17) is 4.74 Å². The lowest BCUT2D eigenvalue weighted by atomic mass is 10.2. The van der Waals surface area contributed by atoms with Crippen molar-refractivity contribution in [1.82, 2.24) is 4.90 Å². The van der Waals surface area contributed by atoms with Crippen LogP contribution in [0, 0.1) is 6.92 Å². The minimum atomic E-state index is -0.266. The Labute approximate surface area is 175 Å². The van der Waals surface area contributed by atoms with Gasteiger partial charge in [-0.2, -0.15) is 0 Å². The van der Waals surface area contributed by atoms with Crippen molar-refractivity contribution in [1.29, 1.82) is 0 Å². The summed E-state index contributed by atoms with van der Waals surface area (Å²) >= 11 is 6.90. The highest BCUT2D eigenvalue weighted by atomic mass is 79.9. The van der Waals surface area contributed by atoms with E-state index in [2.05, 4.69) is 37.2 Å². The number of halogens is 2. The molecule has 0 aliphatic carbocycles. The molecule has 0 saturated carbocycles. The maximum Gasteiger partial charge on any atom is 0.262 e. The molecule has 0 atom stereocenters. The van der Waals surface area contributed by atoms with Gasteiger partial charge in [-0.3, -0.25) is 9.59 Å². The van der Waals surface area contributed by atoms with Gasteiger partial charge in [0.1, 0.15) is 5.75 Å². The number of ether oxygens (including phenoxy) is 1. The molecule has 0 spiro atoms. The third kappa shape index (κ3) is 5.11. The molecule has 1 aliphatic heterocycles. The first-order valence-corrected chi connectivity index (χ1v) is 10.3. The van der Waals surface area contributed by atoms with Crippen molar-refractivity contribution in [3.8, 4) is 5.75 Å². The highest BCUT2D eigenvalue weighted by Crippen LogP contribution is 2.32. The molecule has 0 aromatic heterocycles. The Bertz CT molecular complexity index is 824. The third-order valence-corrected chi connectivity index (χ3v) is 5.57. The molecule has 1 heterocycles. The number of likely N-dealkylation sites (tertiary alicyclic amines) is 1. The van der Waals surface area contributed by atoms with E-state index in [1.165, 1.54) is 0 Å². The zero-order chi connectivity index (χ0) is 19.4. The van der Waals surface area contributed by atoms with Gasteiger partial charge in [-0.15, -0.1) is 0 Å². The predicted octanol–water partition coefficient (Wildman–Crippen LogP) is 4.77. The van der Waals surface area contributed by atoms with Crippen LogP contribution < -0.4 is 10.1 Å². The minimum Gasteiger partial charge on any atom is -0.484 e. The van der Waals surface area contributed by atoms with E-state index >= 15 is 0 Å². The molecule has 1 N–H and O–H groups in total. The van der Waals surface area contributed by atoms with E-state index in [0.29, 0.717) is 17.0 Å². The van der Waals surface area contributed by atoms with E-state index in [0.717, 1.165) is 40.4 Å². The van der Waals surface area contributed by atoms with Crippen molar-refractivity contribution in [3.05, 3.63) is 56.5 Å². The number of rotatable bonds is 5. The van der Waals surface area contributed by atoms with Gasteiger partial charge >= 0.3 is 0 Å². The first-order chi connectivity index (χ1) is 12.9. The molecule has 3 rings (SSSR count). The van der Waals surface area contributed by atoms with Crippen LogP contribution in [-0.4, -0.2) is 36.4 Å². The van der Waals surface area contributed by atoms with Gasteiger partial charge in [0.15, 0.2) is 6.61 Å². The molecule has 1 fully saturated rings. The second kappa shape index (κ2) is 8.89. The lowest BCUT2D eigenvalue weighted by molar-refractivity contribution is -0.118. The van der Waals surface area contributed by atoms with Gasteiger partial charge < -0.3 is 15.0 Å². The maximum absolute atomic E-state index is 12.3. The van der Waals surface area contributed by atoms with E-state index in [1.807, 2.05) is 24.0 Å². The van der Waals surface area contributed by atoms with Gasteiger partial charge in [0.05, 0.1) is 5.69 Å². The number of aryl methyl sites for hydroxylation is 1. The molecule has 0 radical (unpaired) electrons. The van der Waals surface area contributed by atoms with Gasteiger partial charge in [-0.05, 0) is 93.6 Å². The molecule has 1 saturated heterocycles. The topological polar surface area (TPSA) is 58.6 Å². The number of nitrogens with one attached hydrogen (secondary N) is 1. The molecular weight excluding hydrogens is 476 g/mol. The smallest absolute Gasteiger partial charge is 0.262 e. The monoisotopic (exact) mass is 494 g/mol. The number of carbonyl (C=O) groups is 2. The fraction of sp³-hybridized carbons (Fsp3) is 0.300. The van der Waals surface area contributed by atoms with Crippen LogP contribution in [0.5, 0.6) is 5.75 Å². The molecular formula is C20H20Br2N2O3. The molecule has 2 aromatic rings. The molecule has 142 valence electrons. The van der Waals surface area contributed by atoms with Gasteiger partial charge in [-0.1, -0.05) is 0 Å². The largest absolute Gasteiger partial charge is 0.484 e. The number of anilines is 1. The van der Waals surface area contributed by atoms with E-state index < -0.39 is 0 Å². The number of nitrogens with zero attached hydrogens (tertiary/aromatic N) is 1. The summed E-state index contributed by atoms with van der Waals surface area (Å²) in [6.07, 6.45) is 2.13. The van der Waals surface area contributed by atoms with Crippen molar-refractivity contribution in [3.63, 3.8) is 0 Å². The lowest BCUT2D eigenvalue weighted by Crippen LogP contribution is -2.27. The van der Waals surface area contributed by atoms with E-state index in [1.54, 1.807) is 24.3 Å². The van der Waals surface area contributed by atoms with Crippen LogP contribution in [-0.2, 0) is 4.79 Å². The Kier molecular flexibility index (Phi) is 6.55. The molecule has 7 heteroatoms. The van der Waals surface area contributed by atoms with E-state index in [-0.39, 0.29) is 18.4 Å². The zero-order valence-electron chi connectivity index (χ0n) is 14.9. The van der Waals surface area contributed by atoms with Crippen LogP contribution in [0.1, 0.15) is 28.8 Å². The Morgan fingerprint density at radius 3 is 2.26 bits per heavy atom. The van der Waals surface area contributed by atoms with Crippen molar-refractivity contribution in [2.45, 2.75) is 19.8 Å². The van der Waals surface area contributed by atoms with Gasteiger partial charge in [-0.25, -0.2) is 0 Å². The van der Waals surface area contributed by atoms with Crippen LogP contribution in [0.2, 0.25) is 0 Å². The molecule has 1 aliphatic rings. The summed E-state index contributed by atoms with van der Waals surface area (Å²) < 4.78 is 7.13. The summed E-state index contributed by atoms with van der Waals surface area (Å²) in [5.41, 5.74) is 2.38. The molecule has 27 heavy (non-hydrogen) atoms. The normalized spacial score (nSPS) is 13.5. The summed E-state index contributed by atoms with van der Waals surface area (Å²) in [5.74, 6) is 0.327.